The molecule has 1 aliphatic heterocycles. The number of imide groups is 1. The molecule has 4 rings (SSSR count). The van der Waals surface area contributed by atoms with Gasteiger partial charge >= 0.3 is 5.97 Å². The Morgan fingerprint density at radius 1 is 1.17 bits per heavy atom. The quantitative estimate of drug-likeness (QED) is 0.521. The van der Waals surface area contributed by atoms with Crippen LogP contribution in [0.3, 0.4) is 0 Å². The zero-order valence-corrected chi connectivity index (χ0v) is 17.3. The van der Waals surface area contributed by atoms with Crippen molar-refractivity contribution in [1.82, 2.24) is 4.90 Å². The van der Waals surface area contributed by atoms with Crippen LogP contribution in [0.25, 0.3) is 0 Å². The first kappa shape index (κ1) is 20.7. The number of hydrogen-bond donors (Lipinski definition) is 1. The topological polar surface area (TPSA) is 102 Å². The second-order valence-electron chi connectivity index (χ2n) is 8.02. The van der Waals surface area contributed by atoms with E-state index in [1.807, 2.05) is 0 Å². The number of carbonyl (C=O) groups is 4. The number of nitrogens with zero attached hydrogens (tertiary/aromatic N) is 1. The summed E-state index contributed by atoms with van der Waals surface area (Å²) >= 11 is 5.92. The highest BCUT2D eigenvalue weighted by molar-refractivity contribution is 6.31. The van der Waals surface area contributed by atoms with E-state index in [4.69, 9.17) is 21.1 Å². The first-order chi connectivity index (χ1) is 14.4. The predicted molar refractivity (Wildman–Crippen MR) is 107 cm³/mol. The third-order valence-corrected chi connectivity index (χ3v) is 6.59. The van der Waals surface area contributed by atoms with Crippen LogP contribution in [0.4, 0.5) is 5.69 Å². The van der Waals surface area contributed by atoms with Crippen molar-refractivity contribution >= 4 is 41.0 Å². The number of rotatable bonds is 7. The fraction of sp³-hybridized carbons (Fsp3) is 0.524. The van der Waals surface area contributed by atoms with Gasteiger partial charge in [-0.2, -0.15) is 0 Å². The number of esters is 1. The zero-order valence-electron chi connectivity index (χ0n) is 16.6. The molecule has 1 saturated heterocycles. The molecule has 8 nitrogen and oxygen atoms in total. The molecule has 0 spiro atoms. The molecule has 30 heavy (non-hydrogen) atoms. The monoisotopic (exact) mass is 434 g/mol. The first-order valence-electron chi connectivity index (χ1n) is 10.0. The molecule has 1 heterocycles. The molecule has 0 radical (unpaired) electrons. The molecule has 3 amide bonds. The van der Waals surface area contributed by atoms with Crippen LogP contribution in [0.15, 0.2) is 18.2 Å². The molecule has 0 aromatic heterocycles. The Balaban J connectivity index is 1.25. The number of nitrogens with one attached hydrogen (secondary N) is 1. The number of halogens is 1. The zero-order chi connectivity index (χ0) is 21.4. The summed E-state index contributed by atoms with van der Waals surface area (Å²) in [5, 5.41) is 2.99. The highest BCUT2D eigenvalue weighted by Crippen LogP contribution is 2.56. The maximum atomic E-state index is 12.6. The van der Waals surface area contributed by atoms with Crippen molar-refractivity contribution < 1.29 is 28.7 Å². The molecular weight excluding hydrogens is 412 g/mol. The SMILES string of the molecule is COc1ccc(Cl)cc1NC(=O)COC(=O)CCN1C(=O)[C@@H]2[C@H]3CC[C@@H](C3)[C@H]2C1=O. The Morgan fingerprint density at radius 2 is 1.83 bits per heavy atom. The highest BCUT2D eigenvalue weighted by atomic mass is 35.5. The summed E-state index contributed by atoms with van der Waals surface area (Å²) in [6, 6.07) is 4.75. The standard InChI is InChI=1S/C21H23ClN2O6/c1-29-15-5-4-13(22)9-14(15)23-16(25)10-30-17(26)6-7-24-20(27)18-11-2-3-12(8-11)19(18)21(24)28/h4-5,9,11-12,18-19H,2-3,6-8,10H2,1H3,(H,23,25)/t11-,12-,18+,19+/m0/s1. The van der Waals surface area contributed by atoms with Crippen LogP contribution in [-0.4, -0.2) is 48.9 Å². The minimum absolute atomic E-state index is 0.00727. The number of ether oxygens (including phenoxy) is 2. The second-order valence-corrected chi connectivity index (χ2v) is 8.45. The summed E-state index contributed by atoms with van der Waals surface area (Å²) in [4.78, 5) is 50.6. The van der Waals surface area contributed by atoms with Gasteiger partial charge in [0.05, 0.1) is 31.1 Å². The van der Waals surface area contributed by atoms with Gasteiger partial charge in [0.25, 0.3) is 5.91 Å². The summed E-state index contributed by atoms with van der Waals surface area (Å²) < 4.78 is 10.1. The third-order valence-electron chi connectivity index (χ3n) is 6.36. The molecule has 3 fully saturated rings. The molecule has 9 heteroatoms. The summed E-state index contributed by atoms with van der Waals surface area (Å²) in [5.74, 6) is -0.888. The van der Waals surface area contributed by atoms with Crippen molar-refractivity contribution in [3.63, 3.8) is 0 Å². The Bertz CT molecular complexity index is 875. The lowest BCUT2D eigenvalue weighted by Gasteiger charge is -2.19. The number of methoxy groups -OCH3 is 1. The summed E-state index contributed by atoms with van der Waals surface area (Å²) in [6.07, 6.45) is 2.84. The van der Waals surface area contributed by atoms with Gasteiger partial charge < -0.3 is 14.8 Å². The molecule has 1 N–H and O–H groups in total. The minimum Gasteiger partial charge on any atom is -0.495 e. The second kappa shape index (κ2) is 8.26. The minimum atomic E-state index is -0.649. The van der Waals surface area contributed by atoms with E-state index in [0.717, 1.165) is 19.3 Å². The summed E-state index contributed by atoms with van der Waals surface area (Å²) in [5.41, 5.74) is 0.362. The third kappa shape index (κ3) is 3.76. The smallest absolute Gasteiger partial charge is 0.308 e. The van der Waals surface area contributed by atoms with Gasteiger partial charge in [0.1, 0.15) is 5.75 Å². The number of amides is 3. The van der Waals surface area contributed by atoms with Crippen LogP contribution in [0.5, 0.6) is 5.75 Å². The molecule has 1 aromatic carbocycles. The number of anilines is 1. The number of carbonyl (C=O) groups excluding carboxylic acids is 4. The Morgan fingerprint density at radius 3 is 2.47 bits per heavy atom. The molecule has 2 bridgehead atoms. The van der Waals surface area contributed by atoms with Crippen molar-refractivity contribution in [2.24, 2.45) is 23.7 Å². The number of benzene rings is 1. The molecular formula is C21H23ClN2O6. The van der Waals surface area contributed by atoms with Crippen LogP contribution in [0.2, 0.25) is 5.02 Å². The van der Waals surface area contributed by atoms with Crippen molar-refractivity contribution in [3.05, 3.63) is 23.2 Å². The van der Waals surface area contributed by atoms with Gasteiger partial charge in [0, 0.05) is 11.6 Å². The van der Waals surface area contributed by atoms with Gasteiger partial charge in [0.15, 0.2) is 6.61 Å². The van der Waals surface area contributed by atoms with E-state index < -0.39 is 18.5 Å². The van der Waals surface area contributed by atoms with Crippen LogP contribution in [0.1, 0.15) is 25.7 Å². The van der Waals surface area contributed by atoms with Crippen LogP contribution < -0.4 is 10.1 Å². The maximum absolute atomic E-state index is 12.6. The van der Waals surface area contributed by atoms with E-state index in [0.29, 0.717) is 28.3 Å². The molecule has 1 aromatic rings. The molecule has 2 saturated carbocycles. The molecule has 160 valence electrons. The lowest BCUT2D eigenvalue weighted by atomic mass is 9.81. The Kier molecular flexibility index (Phi) is 5.69. The lowest BCUT2D eigenvalue weighted by Crippen LogP contribution is -2.35. The number of fused-ring (bicyclic) bond motifs is 5. The average molecular weight is 435 g/mol. The first-order valence-corrected chi connectivity index (χ1v) is 10.4. The van der Waals surface area contributed by atoms with Crippen LogP contribution in [-0.2, 0) is 23.9 Å². The van der Waals surface area contributed by atoms with E-state index in [-0.39, 0.29) is 36.6 Å². The number of hydrogen-bond acceptors (Lipinski definition) is 6. The summed E-state index contributed by atoms with van der Waals surface area (Å²) in [7, 11) is 1.46. The maximum Gasteiger partial charge on any atom is 0.308 e. The normalized spacial score (nSPS) is 26.7. The molecule has 0 unspecified atom stereocenters. The summed E-state index contributed by atoms with van der Waals surface area (Å²) in [6.45, 7) is -0.502. The van der Waals surface area contributed by atoms with E-state index >= 15 is 0 Å². The van der Waals surface area contributed by atoms with Gasteiger partial charge in [-0.1, -0.05) is 11.6 Å². The molecule has 3 aliphatic rings. The van der Waals surface area contributed by atoms with Crippen molar-refractivity contribution in [2.75, 3.05) is 25.6 Å². The molecule has 2 aliphatic carbocycles. The van der Waals surface area contributed by atoms with Crippen molar-refractivity contribution in [3.8, 4) is 5.75 Å². The van der Waals surface area contributed by atoms with Gasteiger partial charge in [-0.25, -0.2) is 0 Å². The van der Waals surface area contributed by atoms with E-state index in [1.165, 1.54) is 18.1 Å². The van der Waals surface area contributed by atoms with Crippen molar-refractivity contribution in [1.29, 1.82) is 0 Å². The van der Waals surface area contributed by atoms with E-state index in [2.05, 4.69) is 5.32 Å². The Hall–Kier alpha value is -2.61. The lowest BCUT2D eigenvalue weighted by molar-refractivity contribution is -0.149. The fourth-order valence-electron chi connectivity index (χ4n) is 5.08. The van der Waals surface area contributed by atoms with E-state index in [1.54, 1.807) is 12.1 Å². The average Bonchev–Trinajstić information content (AvgIpc) is 3.39. The van der Waals surface area contributed by atoms with E-state index in [9.17, 15) is 19.2 Å². The van der Waals surface area contributed by atoms with Crippen molar-refractivity contribution in [2.45, 2.75) is 25.7 Å². The largest absolute Gasteiger partial charge is 0.495 e. The molecule has 4 atom stereocenters. The van der Waals surface area contributed by atoms with Crippen LogP contribution >= 0.6 is 11.6 Å². The van der Waals surface area contributed by atoms with Crippen LogP contribution in [0, 0.1) is 23.7 Å². The number of likely N-dealkylation sites (tertiary alicyclic amines) is 1. The predicted octanol–water partition coefficient (Wildman–Crippen LogP) is 2.25. The van der Waals surface area contributed by atoms with Gasteiger partial charge in [-0.05, 0) is 49.3 Å². The Labute approximate surface area is 178 Å². The van der Waals surface area contributed by atoms with Gasteiger partial charge in [-0.15, -0.1) is 0 Å². The van der Waals surface area contributed by atoms with Gasteiger partial charge in [0.2, 0.25) is 11.8 Å². The highest BCUT2D eigenvalue weighted by Gasteiger charge is 2.60. The fourth-order valence-corrected chi connectivity index (χ4v) is 5.25. The van der Waals surface area contributed by atoms with Gasteiger partial charge in [-0.3, -0.25) is 24.1 Å².